The molecule has 1 aromatic heterocycles. The number of benzene rings is 2. The lowest BCUT2D eigenvalue weighted by Gasteiger charge is -2.17. The van der Waals surface area contributed by atoms with Gasteiger partial charge in [0.15, 0.2) is 6.61 Å². The molecule has 0 spiro atoms. The average Bonchev–Trinajstić information content (AvgIpc) is 3.09. The summed E-state index contributed by atoms with van der Waals surface area (Å²) < 4.78 is 10.4. The summed E-state index contributed by atoms with van der Waals surface area (Å²) in [5.74, 6) is -0.364. The highest BCUT2D eigenvalue weighted by Gasteiger charge is 2.23. The highest BCUT2D eigenvalue weighted by molar-refractivity contribution is 6.30. The molecule has 0 unspecified atom stereocenters. The number of carbonyl (C=O) groups excluding carboxylic acids is 2. The van der Waals surface area contributed by atoms with Crippen molar-refractivity contribution in [1.29, 1.82) is 0 Å². The minimum absolute atomic E-state index is 0.218. The van der Waals surface area contributed by atoms with E-state index >= 15 is 0 Å². The van der Waals surface area contributed by atoms with Gasteiger partial charge < -0.3 is 19.8 Å². The molecule has 0 saturated heterocycles. The highest BCUT2D eigenvalue weighted by atomic mass is 35.5. The molecule has 0 saturated carbocycles. The van der Waals surface area contributed by atoms with Gasteiger partial charge in [0.2, 0.25) is 0 Å². The van der Waals surface area contributed by atoms with Gasteiger partial charge in [-0.05, 0) is 42.3 Å². The Morgan fingerprint density at radius 3 is 2.75 bits per heavy atom. The summed E-state index contributed by atoms with van der Waals surface area (Å²) in [5.41, 5.74) is 2.71. The molecule has 146 valence electrons. The summed E-state index contributed by atoms with van der Waals surface area (Å²) in [4.78, 5) is 27.7. The van der Waals surface area contributed by atoms with Crippen molar-refractivity contribution >= 4 is 34.4 Å². The van der Waals surface area contributed by atoms with Crippen LogP contribution < -0.4 is 10.1 Å². The van der Waals surface area contributed by atoms with E-state index in [2.05, 4.69) is 10.3 Å². The predicted octanol–water partition coefficient (Wildman–Crippen LogP) is 3.41. The van der Waals surface area contributed by atoms with Gasteiger partial charge >= 0.3 is 5.97 Å². The Hall–Kier alpha value is -2.99. The third-order valence-corrected chi connectivity index (χ3v) is 4.65. The van der Waals surface area contributed by atoms with E-state index in [1.807, 2.05) is 37.4 Å². The number of aromatic nitrogens is 1. The first-order valence-electron chi connectivity index (χ1n) is 8.79. The fourth-order valence-electron chi connectivity index (χ4n) is 3.01. The maximum Gasteiger partial charge on any atom is 0.328 e. The molecule has 7 heteroatoms. The Balaban J connectivity index is 1.66. The third-order valence-electron chi connectivity index (χ3n) is 4.42. The number of H-pyrrole nitrogens is 1. The average molecular weight is 401 g/mol. The van der Waals surface area contributed by atoms with Gasteiger partial charge in [0, 0.05) is 28.5 Å². The molecule has 2 aromatic carbocycles. The lowest BCUT2D eigenvalue weighted by Crippen LogP contribution is -2.44. The van der Waals surface area contributed by atoms with E-state index in [1.54, 1.807) is 18.2 Å². The van der Waals surface area contributed by atoms with Crippen LogP contribution in [0.25, 0.3) is 10.9 Å². The largest absolute Gasteiger partial charge is 0.484 e. The lowest BCUT2D eigenvalue weighted by atomic mass is 10.0. The van der Waals surface area contributed by atoms with Crippen molar-refractivity contribution in [1.82, 2.24) is 10.3 Å². The minimum Gasteiger partial charge on any atom is -0.484 e. The summed E-state index contributed by atoms with van der Waals surface area (Å²) in [5, 5.41) is 4.29. The van der Waals surface area contributed by atoms with E-state index in [4.69, 9.17) is 21.1 Å². The first-order valence-corrected chi connectivity index (χ1v) is 9.17. The Morgan fingerprint density at radius 2 is 2.00 bits per heavy atom. The van der Waals surface area contributed by atoms with Crippen LogP contribution in [0.2, 0.25) is 5.02 Å². The Kier molecular flexibility index (Phi) is 6.21. The zero-order valence-electron chi connectivity index (χ0n) is 15.6. The molecule has 0 bridgehead atoms. The molecule has 0 aliphatic heterocycles. The van der Waals surface area contributed by atoms with Gasteiger partial charge in [0.25, 0.3) is 5.91 Å². The Morgan fingerprint density at radius 1 is 1.21 bits per heavy atom. The van der Waals surface area contributed by atoms with Crippen molar-refractivity contribution in [3.05, 3.63) is 64.8 Å². The monoisotopic (exact) mass is 400 g/mol. The standard InChI is InChI=1S/C21H21ClN2O4/c1-13-9-15(22)7-8-19(13)28-12-20(25)24-18(21(26)27-2)10-14-11-23-17-6-4-3-5-16(14)17/h3-9,11,18,23H,10,12H2,1-2H3,(H,24,25)/t18-/m1/s1. The van der Waals surface area contributed by atoms with Crippen LogP contribution in [0, 0.1) is 6.92 Å². The van der Waals surface area contributed by atoms with Crippen LogP contribution in [0.4, 0.5) is 0 Å². The second-order valence-corrected chi connectivity index (χ2v) is 6.84. The van der Waals surface area contributed by atoms with Crippen molar-refractivity contribution in [2.45, 2.75) is 19.4 Å². The van der Waals surface area contributed by atoms with Crippen LogP contribution in [-0.4, -0.2) is 36.6 Å². The van der Waals surface area contributed by atoms with Gasteiger partial charge in [-0.3, -0.25) is 4.79 Å². The molecular formula is C21H21ClN2O4. The molecule has 28 heavy (non-hydrogen) atoms. The van der Waals surface area contributed by atoms with Gasteiger partial charge in [0.05, 0.1) is 7.11 Å². The highest BCUT2D eigenvalue weighted by Crippen LogP contribution is 2.22. The van der Waals surface area contributed by atoms with Crippen LogP contribution in [-0.2, 0) is 20.7 Å². The van der Waals surface area contributed by atoms with Gasteiger partial charge in [-0.1, -0.05) is 29.8 Å². The smallest absolute Gasteiger partial charge is 0.328 e. The predicted molar refractivity (Wildman–Crippen MR) is 108 cm³/mol. The third kappa shape index (κ3) is 4.64. The number of halogens is 1. The van der Waals surface area contributed by atoms with Crippen molar-refractivity contribution in [3.8, 4) is 5.75 Å². The van der Waals surface area contributed by atoms with Crippen molar-refractivity contribution in [3.63, 3.8) is 0 Å². The van der Waals surface area contributed by atoms with Gasteiger partial charge in [-0.15, -0.1) is 0 Å². The molecule has 0 aliphatic carbocycles. The van der Waals surface area contributed by atoms with Crippen LogP contribution >= 0.6 is 11.6 Å². The lowest BCUT2D eigenvalue weighted by molar-refractivity contribution is -0.145. The molecule has 0 aliphatic rings. The van der Waals surface area contributed by atoms with Crippen LogP contribution in [0.15, 0.2) is 48.7 Å². The van der Waals surface area contributed by atoms with E-state index < -0.39 is 17.9 Å². The number of hydrogen-bond donors (Lipinski definition) is 2. The van der Waals surface area contributed by atoms with Gasteiger partial charge in [-0.25, -0.2) is 4.79 Å². The summed E-state index contributed by atoms with van der Waals surface area (Å²) in [6.07, 6.45) is 2.14. The van der Waals surface area contributed by atoms with E-state index in [0.717, 1.165) is 22.0 Å². The second kappa shape index (κ2) is 8.80. The van der Waals surface area contributed by atoms with E-state index in [1.165, 1.54) is 7.11 Å². The number of carbonyl (C=O) groups is 2. The van der Waals surface area contributed by atoms with Crippen LogP contribution in [0.3, 0.4) is 0 Å². The van der Waals surface area contributed by atoms with Crippen molar-refractivity contribution in [2.75, 3.05) is 13.7 Å². The second-order valence-electron chi connectivity index (χ2n) is 6.41. The fraction of sp³-hybridized carbons (Fsp3) is 0.238. The Bertz CT molecular complexity index is 999. The van der Waals surface area contributed by atoms with Crippen LogP contribution in [0.1, 0.15) is 11.1 Å². The summed E-state index contributed by atoms with van der Waals surface area (Å²) >= 11 is 5.92. The topological polar surface area (TPSA) is 80.4 Å². The molecule has 1 heterocycles. The number of rotatable bonds is 7. The number of para-hydroxylation sites is 1. The normalized spacial score (nSPS) is 11.8. The molecule has 1 atom stereocenters. The zero-order chi connectivity index (χ0) is 20.1. The van der Waals surface area contributed by atoms with Crippen molar-refractivity contribution in [2.24, 2.45) is 0 Å². The minimum atomic E-state index is -0.813. The molecule has 3 aromatic rings. The van der Waals surface area contributed by atoms with Crippen LogP contribution in [0.5, 0.6) is 5.75 Å². The molecule has 1 amide bonds. The summed E-state index contributed by atoms with van der Waals surface area (Å²) in [7, 11) is 1.30. The number of nitrogens with one attached hydrogen (secondary N) is 2. The number of esters is 1. The molecule has 0 fully saturated rings. The van der Waals surface area contributed by atoms with E-state index in [0.29, 0.717) is 17.2 Å². The maximum absolute atomic E-state index is 12.3. The number of hydrogen-bond acceptors (Lipinski definition) is 4. The summed E-state index contributed by atoms with van der Waals surface area (Å²) in [6, 6.07) is 12.1. The molecule has 0 radical (unpaired) electrons. The van der Waals surface area contributed by atoms with Crippen molar-refractivity contribution < 1.29 is 19.1 Å². The van der Waals surface area contributed by atoms with Gasteiger partial charge in [-0.2, -0.15) is 0 Å². The number of aromatic amines is 1. The number of ether oxygens (including phenoxy) is 2. The van der Waals surface area contributed by atoms with Gasteiger partial charge in [0.1, 0.15) is 11.8 Å². The Labute approximate surface area is 167 Å². The fourth-order valence-corrected chi connectivity index (χ4v) is 3.24. The maximum atomic E-state index is 12.3. The molecular weight excluding hydrogens is 380 g/mol. The number of fused-ring (bicyclic) bond motifs is 1. The quantitative estimate of drug-likeness (QED) is 0.595. The molecule has 2 N–H and O–H groups in total. The summed E-state index contributed by atoms with van der Waals surface area (Å²) in [6.45, 7) is 1.62. The SMILES string of the molecule is COC(=O)[C@@H](Cc1c[nH]c2ccccc12)NC(=O)COc1ccc(Cl)cc1C. The first kappa shape index (κ1) is 19.8. The number of aryl methyl sites for hydroxylation is 1. The zero-order valence-corrected chi connectivity index (χ0v) is 16.4. The number of methoxy groups -OCH3 is 1. The number of amides is 1. The molecule has 3 rings (SSSR count). The molecule has 6 nitrogen and oxygen atoms in total. The first-order chi connectivity index (χ1) is 13.5. The van der Waals surface area contributed by atoms with E-state index in [9.17, 15) is 9.59 Å². The van der Waals surface area contributed by atoms with E-state index in [-0.39, 0.29) is 6.61 Å².